The van der Waals surface area contributed by atoms with Crippen LogP contribution in [0.5, 0.6) is 11.6 Å². The number of rotatable bonds is 12. The summed E-state index contributed by atoms with van der Waals surface area (Å²) in [6.07, 6.45) is 3.13. The van der Waals surface area contributed by atoms with E-state index in [0.29, 0.717) is 39.7 Å². The van der Waals surface area contributed by atoms with Gasteiger partial charge in [-0.3, -0.25) is 4.98 Å². The molecule has 1 aliphatic carbocycles. The van der Waals surface area contributed by atoms with Crippen molar-refractivity contribution in [3.63, 3.8) is 0 Å². The summed E-state index contributed by atoms with van der Waals surface area (Å²) in [5, 5.41) is 13.7. The summed E-state index contributed by atoms with van der Waals surface area (Å²) in [7, 11) is -1.50. The number of methoxy groups -OCH3 is 1. The van der Waals surface area contributed by atoms with Crippen LogP contribution in [-0.4, -0.2) is 45.6 Å². The second-order valence-corrected chi connectivity index (χ2v) is 12.2. The van der Waals surface area contributed by atoms with Crippen LogP contribution < -0.4 is 19.5 Å². The molecule has 1 fully saturated rings. The Labute approximate surface area is 239 Å². The fourth-order valence-corrected chi connectivity index (χ4v) is 6.14. The minimum atomic E-state index is -3.10. The molecule has 3 atom stereocenters. The van der Waals surface area contributed by atoms with E-state index in [-0.39, 0.29) is 12.4 Å². The molecule has 9 nitrogen and oxygen atoms in total. The van der Waals surface area contributed by atoms with Crippen molar-refractivity contribution in [1.82, 2.24) is 14.7 Å². The van der Waals surface area contributed by atoms with E-state index < -0.39 is 28.0 Å². The first kappa shape index (κ1) is 28.7. The number of ether oxygens (including phenoxy) is 2. The van der Waals surface area contributed by atoms with Gasteiger partial charge in [0.25, 0.3) is 0 Å². The van der Waals surface area contributed by atoms with Gasteiger partial charge in [0.15, 0.2) is 0 Å². The van der Waals surface area contributed by atoms with Crippen molar-refractivity contribution < 1.29 is 23.2 Å². The smallest absolute Gasteiger partial charge is 0.243 e. The lowest BCUT2D eigenvalue weighted by atomic mass is 10.1. The number of hydrogen-bond acceptors (Lipinski definition) is 8. The van der Waals surface area contributed by atoms with Gasteiger partial charge in [0.05, 0.1) is 30.8 Å². The molecule has 11 heteroatoms. The standard InChI is InChI=1S/C30H34FN5O4S/c1-19(37)17-33-41(38,36-20(2)22-6-10-24(39-3)11-7-22)25-12-8-23(9-13-25)34-27-14-15-32-29-26(27)16-28(31)35-30(29)40-18-21-4-5-21/h6-16,19-21,37H,4-5,17-18H2,1-3H3,(H,32,34)(H,33,36,38). The summed E-state index contributed by atoms with van der Waals surface area (Å²) in [6.45, 7) is 4.08. The number of pyridine rings is 2. The zero-order valence-corrected chi connectivity index (χ0v) is 24.0. The molecule has 5 rings (SSSR count). The molecule has 1 saturated carbocycles. The predicted octanol–water partition coefficient (Wildman–Crippen LogP) is 5.78. The van der Waals surface area contributed by atoms with E-state index in [1.165, 1.54) is 6.07 Å². The van der Waals surface area contributed by atoms with Crippen LogP contribution in [0.15, 0.2) is 76.1 Å². The minimum absolute atomic E-state index is 0.103. The third-order valence-corrected chi connectivity index (χ3v) is 8.83. The summed E-state index contributed by atoms with van der Waals surface area (Å²) in [6, 6.07) is 17.1. The van der Waals surface area contributed by atoms with E-state index in [1.54, 1.807) is 50.6 Å². The first-order valence-electron chi connectivity index (χ1n) is 13.5. The van der Waals surface area contributed by atoms with E-state index in [1.807, 2.05) is 31.2 Å². The number of aliphatic hydroxyl groups excluding tert-OH is 1. The van der Waals surface area contributed by atoms with E-state index in [4.69, 9.17) is 9.47 Å². The SMILES string of the molecule is COc1ccc(C(C)N=S(=O)(NCC(C)O)c2ccc(Nc3ccnc4c(OCC5CC5)nc(F)cc34)cc2)cc1. The average Bonchev–Trinajstić information content (AvgIpc) is 3.80. The Morgan fingerprint density at radius 1 is 1.12 bits per heavy atom. The van der Waals surface area contributed by atoms with Crippen molar-refractivity contribution in [3.05, 3.63) is 78.4 Å². The van der Waals surface area contributed by atoms with Crippen LogP contribution >= 0.6 is 0 Å². The molecule has 216 valence electrons. The molecule has 4 aromatic rings. The Bertz CT molecular complexity index is 1620. The van der Waals surface area contributed by atoms with E-state index in [9.17, 15) is 13.7 Å². The highest BCUT2D eigenvalue weighted by molar-refractivity contribution is 7.91. The summed E-state index contributed by atoms with van der Waals surface area (Å²) >= 11 is 0. The quantitative estimate of drug-likeness (QED) is 0.182. The number of nitrogens with one attached hydrogen (secondary N) is 2. The molecule has 2 aromatic carbocycles. The van der Waals surface area contributed by atoms with Gasteiger partial charge in [-0.15, -0.1) is 0 Å². The second-order valence-electron chi connectivity index (χ2n) is 10.2. The Balaban J connectivity index is 1.41. The van der Waals surface area contributed by atoms with Crippen LogP contribution in [0, 0.1) is 11.9 Å². The number of aliphatic hydroxyl groups is 1. The van der Waals surface area contributed by atoms with Crippen molar-refractivity contribution >= 4 is 32.2 Å². The van der Waals surface area contributed by atoms with Crippen molar-refractivity contribution in [2.24, 2.45) is 10.3 Å². The van der Waals surface area contributed by atoms with Gasteiger partial charge in [0.1, 0.15) is 21.2 Å². The maximum atomic E-state index is 14.4. The van der Waals surface area contributed by atoms with Gasteiger partial charge in [-0.2, -0.15) is 9.37 Å². The van der Waals surface area contributed by atoms with Crippen molar-refractivity contribution in [1.29, 1.82) is 0 Å². The highest BCUT2D eigenvalue weighted by Gasteiger charge is 2.23. The Hall–Kier alpha value is -3.80. The van der Waals surface area contributed by atoms with E-state index in [0.717, 1.165) is 24.2 Å². The molecule has 3 unspecified atom stereocenters. The summed E-state index contributed by atoms with van der Waals surface area (Å²) in [5.74, 6) is 0.750. The largest absolute Gasteiger partial charge is 0.497 e. The first-order chi connectivity index (χ1) is 19.7. The van der Waals surface area contributed by atoms with Gasteiger partial charge < -0.3 is 19.9 Å². The van der Waals surface area contributed by atoms with Gasteiger partial charge >= 0.3 is 0 Å². The Morgan fingerprint density at radius 3 is 2.51 bits per heavy atom. The molecule has 0 aliphatic heterocycles. The summed E-state index contributed by atoms with van der Waals surface area (Å²) in [5.41, 5.74) is 2.68. The van der Waals surface area contributed by atoms with Crippen LogP contribution in [0.25, 0.3) is 10.9 Å². The molecule has 2 heterocycles. The fourth-order valence-electron chi connectivity index (χ4n) is 4.24. The normalized spacial score (nSPS) is 16.0. The number of aromatic nitrogens is 2. The van der Waals surface area contributed by atoms with Crippen LogP contribution in [0.1, 0.15) is 38.3 Å². The number of benzene rings is 2. The van der Waals surface area contributed by atoms with Crippen LogP contribution in [0.3, 0.4) is 0 Å². The lowest BCUT2D eigenvalue weighted by Crippen LogP contribution is -2.31. The number of nitrogens with zero attached hydrogens (tertiary/aromatic N) is 3. The Kier molecular flexibility index (Phi) is 8.67. The molecule has 41 heavy (non-hydrogen) atoms. The molecule has 0 radical (unpaired) electrons. The predicted molar refractivity (Wildman–Crippen MR) is 157 cm³/mol. The third kappa shape index (κ3) is 7.10. The molecular weight excluding hydrogens is 545 g/mol. The van der Waals surface area contributed by atoms with Crippen molar-refractivity contribution in [2.75, 3.05) is 25.6 Å². The highest BCUT2D eigenvalue weighted by atomic mass is 32.2. The molecule has 3 N–H and O–H groups in total. The monoisotopic (exact) mass is 579 g/mol. The van der Waals surface area contributed by atoms with Gasteiger partial charge in [-0.05, 0) is 80.6 Å². The number of halogens is 1. The van der Waals surface area contributed by atoms with Gasteiger partial charge in [-0.25, -0.2) is 13.3 Å². The van der Waals surface area contributed by atoms with Gasteiger partial charge in [0.2, 0.25) is 11.8 Å². The van der Waals surface area contributed by atoms with Gasteiger partial charge in [0, 0.05) is 35.6 Å². The fraction of sp³-hybridized carbons (Fsp3) is 0.333. The van der Waals surface area contributed by atoms with E-state index in [2.05, 4.69) is 24.4 Å². The van der Waals surface area contributed by atoms with Crippen molar-refractivity contribution in [2.45, 2.75) is 43.7 Å². The third-order valence-electron chi connectivity index (χ3n) is 6.75. The molecule has 0 amide bonds. The number of anilines is 2. The maximum absolute atomic E-state index is 14.4. The second kappa shape index (κ2) is 12.4. The minimum Gasteiger partial charge on any atom is -0.497 e. The molecular formula is C30H34FN5O4S. The zero-order valence-electron chi connectivity index (χ0n) is 23.2. The lowest BCUT2D eigenvalue weighted by Gasteiger charge is -2.17. The van der Waals surface area contributed by atoms with E-state index >= 15 is 0 Å². The van der Waals surface area contributed by atoms with Crippen LogP contribution in [0.2, 0.25) is 0 Å². The average molecular weight is 580 g/mol. The lowest BCUT2D eigenvalue weighted by molar-refractivity contribution is 0.199. The summed E-state index contributed by atoms with van der Waals surface area (Å²) in [4.78, 5) is 8.77. The molecule has 0 saturated heterocycles. The van der Waals surface area contributed by atoms with Gasteiger partial charge in [-0.1, -0.05) is 12.1 Å². The Morgan fingerprint density at radius 2 is 1.85 bits per heavy atom. The van der Waals surface area contributed by atoms with Crippen LogP contribution in [-0.2, 0) is 9.92 Å². The topological polar surface area (TPSA) is 118 Å². The first-order valence-corrected chi connectivity index (χ1v) is 15.0. The van der Waals surface area contributed by atoms with Crippen LogP contribution in [0.4, 0.5) is 15.8 Å². The highest BCUT2D eigenvalue weighted by Crippen LogP contribution is 2.33. The molecule has 2 aromatic heterocycles. The number of hydrogen-bond donors (Lipinski definition) is 3. The zero-order chi connectivity index (χ0) is 29.0. The van der Waals surface area contributed by atoms with Crippen molar-refractivity contribution in [3.8, 4) is 11.6 Å². The maximum Gasteiger partial charge on any atom is 0.243 e. The molecule has 0 bridgehead atoms. The molecule has 1 aliphatic rings. The molecule has 0 spiro atoms. The number of fused-ring (bicyclic) bond motifs is 1. The summed E-state index contributed by atoms with van der Waals surface area (Å²) < 4.78 is 47.2.